The zero-order chi connectivity index (χ0) is 20.8. The second kappa shape index (κ2) is 9.74. The highest BCUT2D eigenvalue weighted by atomic mass is 35.5. The summed E-state index contributed by atoms with van der Waals surface area (Å²) in [7, 11) is 0. The summed E-state index contributed by atoms with van der Waals surface area (Å²) in [5.41, 5.74) is 4.04. The van der Waals surface area contributed by atoms with Gasteiger partial charge < -0.3 is 4.74 Å². The molecular weight excluding hydrogens is 438 g/mol. The average Bonchev–Trinajstić information content (AvgIpc) is 2.68. The van der Waals surface area contributed by atoms with E-state index in [1.807, 2.05) is 0 Å². The third-order valence-corrected chi connectivity index (χ3v) is 4.59. The standard InChI is InChI=1S/C21H14Cl3FN2O2/c22-16-6-4-15(5-7-16)21(28)27-26-11-14-9-18(23)20(19(24)10-14)29-12-13-2-1-3-17(25)8-13/h1-11H,12H2,(H,27,28)/b26-11-. The van der Waals surface area contributed by atoms with E-state index in [1.165, 1.54) is 18.3 Å². The Morgan fingerprint density at radius 2 is 1.72 bits per heavy atom. The molecule has 1 amide bonds. The lowest BCUT2D eigenvalue weighted by atomic mass is 10.2. The van der Waals surface area contributed by atoms with Gasteiger partial charge in [-0.1, -0.05) is 46.9 Å². The van der Waals surface area contributed by atoms with E-state index >= 15 is 0 Å². The van der Waals surface area contributed by atoms with E-state index in [9.17, 15) is 9.18 Å². The van der Waals surface area contributed by atoms with E-state index < -0.39 is 0 Å². The van der Waals surface area contributed by atoms with Gasteiger partial charge in [0, 0.05) is 10.6 Å². The van der Waals surface area contributed by atoms with E-state index in [0.29, 0.717) is 21.7 Å². The molecule has 0 aliphatic heterocycles. The van der Waals surface area contributed by atoms with Crippen LogP contribution < -0.4 is 10.2 Å². The van der Waals surface area contributed by atoms with Crippen molar-refractivity contribution < 1.29 is 13.9 Å². The van der Waals surface area contributed by atoms with Crippen LogP contribution in [0.2, 0.25) is 15.1 Å². The first kappa shape index (κ1) is 21.1. The summed E-state index contributed by atoms with van der Waals surface area (Å²) in [6.45, 7) is 0.113. The van der Waals surface area contributed by atoms with Gasteiger partial charge >= 0.3 is 0 Å². The first-order chi connectivity index (χ1) is 13.9. The number of halogens is 4. The van der Waals surface area contributed by atoms with Crippen molar-refractivity contribution in [1.29, 1.82) is 0 Å². The number of ether oxygens (including phenoxy) is 1. The Labute approximate surface area is 181 Å². The minimum atomic E-state index is -0.384. The highest BCUT2D eigenvalue weighted by Crippen LogP contribution is 2.34. The molecule has 0 saturated heterocycles. The number of benzene rings is 3. The summed E-state index contributed by atoms with van der Waals surface area (Å²) >= 11 is 18.3. The summed E-state index contributed by atoms with van der Waals surface area (Å²) in [4.78, 5) is 12.0. The zero-order valence-electron chi connectivity index (χ0n) is 14.8. The minimum absolute atomic E-state index is 0.113. The van der Waals surface area contributed by atoms with Gasteiger partial charge in [-0.3, -0.25) is 4.79 Å². The number of nitrogens with zero attached hydrogens (tertiary/aromatic N) is 1. The summed E-state index contributed by atoms with van der Waals surface area (Å²) in [5, 5.41) is 4.96. The molecule has 0 fully saturated rings. The van der Waals surface area contributed by atoms with Gasteiger partial charge in [-0.2, -0.15) is 5.10 Å². The SMILES string of the molecule is O=C(N/N=C\c1cc(Cl)c(OCc2cccc(F)c2)c(Cl)c1)c1ccc(Cl)cc1. The first-order valence-electron chi connectivity index (χ1n) is 8.37. The largest absolute Gasteiger partial charge is 0.486 e. The Morgan fingerprint density at radius 3 is 2.38 bits per heavy atom. The van der Waals surface area contributed by atoms with Crippen LogP contribution in [-0.4, -0.2) is 12.1 Å². The third kappa shape index (κ3) is 5.94. The second-order valence-corrected chi connectivity index (χ2v) is 7.19. The van der Waals surface area contributed by atoms with Crippen LogP contribution in [0, 0.1) is 5.82 Å². The van der Waals surface area contributed by atoms with E-state index in [2.05, 4.69) is 10.5 Å². The molecule has 0 bridgehead atoms. The smallest absolute Gasteiger partial charge is 0.271 e. The summed E-state index contributed by atoms with van der Waals surface area (Å²) in [5.74, 6) is -0.458. The van der Waals surface area contributed by atoms with Crippen LogP contribution in [0.1, 0.15) is 21.5 Å². The lowest BCUT2D eigenvalue weighted by Crippen LogP contribution is -2.17. The van der Waals surface area contributed by atoms with Gasteiger partial charge in [0.05, 0.1) is 16.3 Å². The van der Waals surface area contributed by atoms with Gasteiger partial charge in [-0.15, -0.1) is 0 Å². The quantitative estimate of drug-likeness (QED) is 0.362. The normalized spacial score (nSPS) is 10.9. The predicted octanol–water partition coefficient (Wildman–Crippen LogP) is 6.13. The van der Waals surface area contributed by atoms with Crippen LogP contribution in [-0.2, 0) is 6.61 Å². The molecule has 0 radical (unpaired) electrons. The van der Waals surface area contributed by atoms with E-state index in [-0.39, 0.29) is 34.1 Å². The van der Waals surface area contributed by atoms with Crippen LogP contribution in [0.3, 0.4) is 0 Å². The number of amides is 1. The Bertz CT molecular complexity index is 1030. The molecule has 0 unspecified atom stereocenters. The Morgan fingerprint density at radius 1 is 1.03 bits per heavy atom. The summed E-state index contributed by atoms with van der Waals surface area (Å²) in [6, 6.07) is 15.6. The zero-order valence-corrected chi connectivity index (χ0v) is 17.1. The van der Waals surface area contributed by atoms with Gasteiger partial charge in [0.15, 0.2) is 5.75 Å². The van der Waals surface area contributed by atoms with Crippen LogP contribution in [0.4, 0.5) is 4.39 Å². The van der Waals surface area contributed by atoms with Crippen LogP contribution in [0.15, 0.2) is 65.8 Å². The molecule has 0 heterocycles. The maximum atomic E-state index is 13.2. The molecule has 0 atom stereocenters. The van der Waals surface area contributed by atoms with Crippen molar-refractivity contribution in [3.8, 4) is 5.75 Å². The fourth-order valence-electron chi connectivity index (χ4n) is 2.41. The van der Waals surface area contributed by atoms with Gasteiger partial charge in [0.25, 0.3) is 5.91 Å². The molecule has 8 heteroatoms. The van der Waals surface area contributed by atoms with Crippen molar-refractivity contribution in [3.05, 3.63) is 98.2 Å². The van der Waals surface area contributed by atoms with Crippen molar-refractivity contribution in [2.24, 2.45) is 5.10 Å². The molecule has 3 rings (SSSR count). The van der Waals surface area contributed by atoms with Gasteiger partial charge in [-0.25, -0.2) is 9.82 Å². The maximum absolute atomic E-state index is 13.2. The number of carbonyl (C=O) groups is 1. The molecular formula is C21H14Cl3FN2O2. The Kier molecular flexibility index (Phi) is 7.09. The minimum Gasteiger partial charge on any atom is -0.486 e. The molecule has 3 aromatic carbocycles. The van der Waals surface area contributed by atoms with Crippen LogP contribution in [0.5, 0.6) is 5.75 Å². The highest BCUT2D eigenvalue weighted by Gasteiger charge is 2.10. The monoisotopic (exact) mass is 450 g/mol. The summed E-state index contributed by atoms with van der Waals surface area (Å²) < 4.78 is 18.9. The lowest BCUT2D eigenvalue weighted by molar-refractivity contribution is 0.0955. The molecule has 4 nitrogen and oxygen atoms in total. The average molecular weight is 452 g/mol. The molecule has 0 saturated carbocycles. The number of hydrogen-bond acceptors (Lipinski definition) is 3. The Hall–Kier alpha value is -2.60. The highest BCUT2D eigenvalue weighted by molar-refractivity contribution is 6.37. The molecule has 0 spiro atoms. The third-order valence-electron chi connectivity index (χ3n) is 3.78. The fraction of sp³-hybridized carbons (Fsp3) is 0.0476. The summed E-state index contributed by atoms with van der Waals surface area (Å²) in [6.07, 6.45) is 1.40. The number of hydrogen-bond donors (Lipinski definition) is 1. The van der Waals surface area contributed by atoms with E-state index in [4.69, 9.17) is 39.5 Å². The number of nitrogens with one attached hydrogen (secondary N) is 1. The fourth-order valence-corrected chi connectivity index (χ4v) is 3.14. The van der Waals surface area contributed by atoms with Crippen molar-refractivity contribution in [2.45, 2.75) is 6.61 Å². The van der Waals surface area contributed by atoms with Crippen LogP contribution >= 0.6 is 34.8 Å². The number of hydrazone groups is 1. The Balaban J connectivity index is 1.64. The van der Waals surface area contributed by atoms with Crippen LogP contribution in [0.25, 0.3) is 0 Å². The maximum Gasteiger partial charge on any atom is 0.271 e. The van der Waals surface area contributed by atoms with Crippen molar-refractivity contribution in [2.75, 3.05) is 0 Å². The van der Waals surface area contributed by atoms with E-state index in [1.54, 1.807) is 48.5 Å². The van der Waals surface area contributed by atoms with Crippen molar-refractivity contribution in [3.63, 3.8) is 0 Å². The predicted molar refractivity (Wildman–Crippen MR) is 114 cm³/mol. The topological polar surface area (TPSA) is 50.7 Å². The number of rotatable bonds is 6. The molecule has 148 valence electrons. The molecule has 0 aromatic heterocycles. The van der Waals surface area contributed by atoms with Gasteiger partial charge in [0.2, 0.25) is 0 Å². The molecule has 0 aliphatic rings. The molecule has 29 heavy (non-hydrogen) atoms. The molecule has 0 aliphatic carbocycles. The lowest BCUT2D eigenvalue weighted by Gasteiger charge is -2.11. The van der Waals surface area contributed by atoms with Gasteiger partial charge in [0.1, 0.15) is 12.4 Å². The van der Waals surface area contributed by atoms with Gasteiger partial charge in [-0.05, 0) is 59.7 Å². The molecule has 1 N–H and O–H groups in total. The first-order valence-corrected chi connectivity index (χ1v) is 9.51. The van der Waals surface area contributed by atoms with Crippen molar-refractivity contribution in [1.82, 2.24) is 5.43 Å². The molecule has 3 aromatic rings. The number of carbonyl (C=O) groups excluding carboxylic acids is 1. The second-order valence-electron chi connectivity index (χ2n) is 5.94. The van der Waals surface area contributed by atoms with Crippen molar-refractivity contribution >= 4 is 46.9 Å². The van der Waals surface area contributed by atoms with E-state index in [0.717, 1.165) is 0 Å².